The summed E-state index contributed by atoms with van der Waals surface area (Å²) in [6, 6.07) is 6.00. The van der Waals surface area contributed by atoms with Gasteiger partial charge in [-0.25, -0.2) is 4.79 Å². The van der Waals surface area contributed by atoms with Crippen molar-refractivity contribution in [2.75, 3.05) is 5.32 Å². The van der Waals surface area contributed by atoms with Crippen molar-refractivity contribution in [1.82, 2.24) is 0 Å². The first-order valence-corrected chi connectivity index (χ1v) is 6.49. The van der Waals surface area contributed by atoms with Crippen molar-refractivity contribution < 1.29 is 9.21 Å². The Kier molecular flexibility index (Phi) is 3.90. The zero-order valence-electron chi connectivity index (χ0n) is 11.8. The third-order valence-electron chi connectivity index (χ3n) is 3.24. The summed E-state index contributed by atoms with van der Waals surface area (Å²) in [6.45, 7) is 5.61. The largest absolute Gasteiger partial charge is 0.423 e. The molecule has 1 unspecified atom stereocenters. The van der Waals surface area contributed by atoms with Crippen molar-refractivity contribution in [2.45, 2.75) is 26.8 Å². The molecule has 0 aliphatic carbocycles. The van der Waals surface area contributed by atoms with Gasteiger partial charge in [0.05, 0.1) is 6.04 Å². The molecule has 106 valence electrons. The highest BCUT2D eigenvalue weighted by Crippen LogP contribution is 2.21. The summed E-state index contributed by atoms with van der Waals surface area (Å²) in [5, 5.41) is 3.57. The Morgan fingerprint density at radius 1 is 1.30 bits per heavy atom. The number of carbonyl (C=O) groups is 1. The maximum atomic E-state index is 11.9. The van der Waals surface area contributed by atoms with E-state index < -0.39 is 6.04 Å². The molecule has 20 heavy (non-hydrogen) atoms. The SMILES string of the molecule is Cc1cc(=O)oc2ccc(NC(=O)C(N)C(C)C)cc12. The highest BCUT2D eigenvalue weighted by molar-refractivity contribution is 5.96. The molecule has 0 aliphatic rings. The number of aryl methyl sites for hydroxylation is 1. The van der Waals surface area contributed by atoms with Crippen LogP contribution in [0.2, 0.25) is 0 Å². The van der Waals surface area contributed by atoms with Crippen LogP contribution in [0, 0.1) is 12.8 Å². The summed E-state index contributed by atoms with van der Waals surface area (Å²) >= 11 is 0. The van der Waals surface area contributed by atoms with Crippen LogP contribution in [0.25, 0.3) is 11.0 Å². The number of carbonyl (C=O) groups excluding carboxylic acids is 1. The lowest BCUT2D eigenvalue weighted by Gasteiger charge is -2.15. The van der Waals surface area contributed by atoms with Crippen LogP contribution < -0.4 is 16.7 Å². The maximum Gasteiger partial charge on any atom is 0.336 e. The summed E-state index contributed by atoms with van der Waals surface area (Å²) in [5.74, 6) is -0.162. The van der Waals surface area contributed by atoms with Gasteiger partial charge in [0.1, 0.15) is 5.58 Å². The van der Waals surface area contributed by atoms with Crippen LogP contribution in [-0.2, 0) is 4.79 Å². The van der Waals surface area contributed by atoms with Gasteiger partial charge in [-0.15, -0.1) is 0 Å². The molecule has 0 saturated heterocycles. The van der Waals surface area contributed by atoms with E-state index in [2.05, 4.69) is 5.32 Å². The smallest absolute Gasteiger partial charge is 0.336 e. The molecule has 1 aromatic heterocycles. The Balaban J connectivity index is 2.33. The van der Waals surface area contributed by atoms with Crippen LogP contribution in [0.1, 0.15) is 19.4 Å². The van der Waals surface area contributed by atoms with E-state index in [9.17, 15) is 9.59 Å². The zero-order valence-corrected chi connectivity index (χ0v) is 11.8. The summed E-state index contributed by atoms with van der Waals surface area (Å²) in [4.78, 5) is 23.2. The molecule has 0 spiro atoms. The predicted molar refractivity (Wildman–Crippen MR) is 78.7 cm³/mol. The topological polar surface area (TPSA) is 85.3 Å². The van der Waals surface area contributed by atoms with Gasteiger partial charge in [0, 0.05) is 17.1 Å². The molecule has 5 nitrogen and oxygen atoms in total. The molecular weight excluding hydrogens is 256 g/mol. The van der Waals surface area contributed by atoms with Gasteiger partial charge in [-0.3, -0.25) is 4.79 Å². The van der Waals surface area contributed by atoms with Crippen molar-refractivity contribution >= 4 is 22.6 Å². The zero-order chi connectivity index (χ0) is 14.9. The fourth-order valence-electron chi connectivity index (χ4n) is 1.93. The van der Waals surface area contributed by atoms with Gasteiger partial charge in [0.15, 0.2) is 0 Å². The average Bonchev–Trinajstić information content (AvgIpc) is 2.38. The van der Waals surface area contributed by atoms with Crippen molar-refractivity contribution in [3.05, 3.63) is 40.2 Å². The van der Waals surface area contributed by atoms with Gasteiger partial charge >= 0.3 is 5.63 Å². The Bertz CT molecular complexity index is 704. The van der Waals surface area contributed by atoms with Crippen LogP contribution in [0.15, 0.2) is 33.5 Å². The monoisotopic (exact) mass is 274 g/mol. The second kappa shape index (κ2) is 5.46. The normalized spacial score (nSPS) is 12.7. The lowest BCUT2D eigenvalue weighted by Crippen LogP contribution is -2.39. The standard InChI is InChI=1S/C15H18N2O3/c1-8(2)14(16)15(19)17-10-4-5-12-11(7-10)9(3)6-13(18)20-12/h4-8,14H,16H2,1-3H3,(H,17,19). The summed E-state index contributed by atoms with van der Waals surface area (Å²) in [6.07, 6.45) is 0. The third-order valence-corrected chi connectivity index (χ3v) is 3.24. The number of benzene rings is 1. The fourth-order valence-corrected chi connectivity index (χ4v) is 1.93. The Morgan fingerprint density at radius 3 is 2.65 bits per heavy atom. The number of anilines is 1. The molecule has 1 atom stereocenters. The minimum absolute atomic E-state index is 0.0650. The van der Waals surface area contributed by atoms with E-state index in [4.69, 9.17) is 10.2 Å². The van der Waals surface area contributed by atoms with E-state index in [-0.39, 0.29) is 17.5 Å². The van der Waals surface area contributed by atoms with Gasteiger partial charge in [0.2, 0.25) is 5.91 Å². The molecule has 2 rings (SSSR count). The van der Waals surface area contributed by atoms with Gasteiger partial charge in [-0.2, -0.15) is 0 Å². The quantitative estimate of drug-likeness (QED) is 0.838. The Hall–Kier alpha value is -2.14. The molecule has 0 radical (unpaired) electrons. The molecule has 1 heterocycles. The average molecular weight is 274 g/mol. The number of fused-ring (bicyclic) bond motifs is 1. The molecule has 1 amide bonds. The van der Waals surface area contributed by atoms with Crippen LogP contribution in [0.3, 0.4) is 0 Å². The highest BCUT2D eigenvalue weighted by Gasteiger charge is 2.17. The fraction of sp³-hybridized carbons (Fsp3) is 0.333. The van der Waals surface area contributed by atoms with Crippen molar-refractivity contribution in [1.29, 1.82) is 0 Å². The third kappa shape index (κ3) is 2.88. The number of amides is 1. The second-order valence-electron chi connectivity index (χ2n) is 5.22. The van der Waals surface area contributed by atoms with E-state index in [1.54, 1.807) is 18.2 Å². The van der Waals surface area contributed by atoms with Crippen LogP contribution in [0.4, 0.5) is 5.69 Å². The Labute approximate surface area is 116 Å². The molecule has 0 bridgehead atoms. The number of rotatable bonds is 3. The van der Waals surface area contributed by atoms with E-state index in [1.807, 2.05) is 20.8 Å². The second-order valence-corrected chi connectivity index (χ2v) is 5.22. The van der Waals surface area contributed by atoms with E-state index in [0.717, 1.165) is 10.9 Å². The van der Waals surface area contributed by atoms with E-state index in [0.29, 0.717) is 11.3 Å². The van der Waals surface area contributed by atoms with Crippen LogP contribution in [0.5, 0.6) is 0 Å². The van der Waals surface area contributed by atoms with Crippen LogP contribution in [-0.4, -0.2) is 11.9 Å². The lowest BCUT2D eigenvalue weighted by molar-refractivity contribution is -0.118. The lowest BCUT2D eigenvalue weighted by atomic mass is 10.0. The molecule has 0 aliphatic heterocycles. The summed E-state index contributed by atoms with van der Waals surface area (Å²) < 4.78 is 5.10. The van der Waals surface area contributed by atoms with Crippen LogP contribution >= 0.6 is 0 Å². The number of hydrogen-bond donors (Lipinski definition) is 2. The molecule has 5 heteroatoms. The van der Waals surface area contributed by atoms with Crippen molar-refractivity contribution in [3.63, 3.8) is 0 Å². The summed E-state index contributed by atoms with van der Waals surface area (Å²) in [5.41, 5.74) is 7.36. The maximum absolute atomic E-state index is 11.9. The molecular formula is C15H18N2O3. The van der Waals surface area contributed by atoms with E-state index in [1.165, 1.54) is 6.07 Å². The molecule has 3 N–H and O–H groups in total. The van der Waals surface area contributed by atoms with Gasteiger partial charge in [-0.1, -0.05) is 13.8 Å². The summed E-state index contributed by atoms with van der Waals surface area (Å²) in [7, 11) is 0. The molecule has 0 saturated carbocycles. The number of nitrogens with one attached hydrogen (secondary N) is 1. The first-order valence-electron chi connectivity index (χ1n) is 6.49. The van der Waals surface area contributed by atoms with E-state index >= 15 is 0 Å². The molecule has 2 aromatic rings. The van der Waals surface area contributed by atoms with Gasteiger partial charge < -0.3 is 15.5 Å². The predicted octanol–water partition coefficient (Wildman–Crippen LogP) is 2.02. The highest BCUT2D eigenvalue weighted by atomic mass is 16.4. The minimum atomic E-state index is -0.555. The Morgan fingerprint density at radius 2 is 2.00 bits per heavy atom. The van der Waals surface area contributed by atoms with Gasteiger partial charge in [-0.05, 0) is 36.6 Å². The van der Waals surface area contributed by atoms with Crippen molar-refractivity contribution in [3.8, 4) is 0 Å². The molecule has 0 fully saturated rings. The van der Waals surface area contributed by atoms with Crippen molar-refractivity contribution in [2.24, 2.45) is 11.7 Å². The number of hydrogen-bond acceptors (Lipinski definition) is 4. The minimum Gasteiger partial charge on any atom is -0.423 e. The molecule has 1 aromatic carbocycles. The van der Waals surface area contributed by atoms with Gasteiger partial charge in [0.25, 0.3) is 0 Å². The first-order chi connectivity index (χ1) is 9.38. The number of nitrogens with two attached hydrogens (primary N) is 1. The first kappa shape index (κ1) is 14.3.